The van der Waals surface area contributed by atoms with E-state index in [4.69, 9.17) is 9.47 Å². The van der Waals surface area contributed by atoms with E-state index < -0.39 is 0 Å². The van der Waals surface area contributed by atoms with Crippen LogP contribution in [0.1, 0.15) is 34.6 Å². The molecule has 0 radical (unpaired) electrons. The molecule has 0 saturated carbocycles. The van der Waals surface area contributed by atoms with Gasteiger partial charge < -0.3 is 14.4 Å². The highest BCUT2D eigenvalue weighted by atomic mass is 16.5. The van der Waals surface area contributed by atoms with E-state index in [0.717, 1.165) is 0 Å². The van der Waals surface area contributed by atoms with Gasteiger partial charge in [0, 0.05) is 13.6 Å². The summed E-state index contributed by atoms with van der Waals surface area (Å²) in [6.07, 6.45) is 0.203. The van der Waals surface area contributed by atoms with Crippen molar-refractivity contribution in [3.8, 4) is 0 Å². The highest BCUT2D eigenvalue weighted by molar-refractivity contribution is 5.77. The summed E-state index contributed by atoms with van der Waals surface area (Å²) in [6, 6.07) is 0. The van der Waals surface area contributed by atoms with E-state index in [-0.39, 0.29) is 24.2 Å². The van der Waals surface area contributed by atoms with Crippen molar-refractivity contribution in [3.63, 3.8) is 0 Å². The van der Waals surface area contributed by atoms with Gasteiger partial charge in [-0.1, -0.05) is 0 Å². The van der Waals surface area contributed by atoms with Crippen molar-refractivity contribution >= 4 is 5.91 Å². The lowest BCUT2D eigenvalue weighted by molar-refractivity contribution is -0.140. The Kier molecular flexibility index (Phi) is 6.60. The minimum atomic E-state index is -0.273. The Bertz CT molecular complexity index is 209. The van der Waals surface area contributed by atoms with Gasteiger partial charge in [0.1, 0.15) is 6.61 Å². The summed E-state index contributed by atoms with van der Waals surface area (Å²) in [7, 11) is 1.76. The van der Waals surface area contributed by atoms with Crippen molar-refractivity contribution in [2.24, 2.45) is 0 Å². The fraction of sp³-hybridized carbons (Fsp3) is 0.917. The Morgan fingerprint density at radius 1 is 1.31 bits per heavy atom. The van der Waals surface area contributed by atoms with Gasteiger partial charge in [-0.2, -0.15) is 0 Å². The summed E-state index contributed by atoms with van der Waals surface area (Å²) < 4.78 is 10.8. The summed E-state index contributed by atoms with van der Waals surface area (Å²) in [4.78, 5) is 13.2. The molecule has 4 heteroatoms. The molecule has 0 aromatic carbocycles. The predicted octanol–water partition coefficient (Wildman–Crippen LogP) is 1.68. The lowest BCUT2D eigenvalue weighted by atomic mass is 10.2. The van der Waals surface area contributed by atoms with Gasteiger partial charge in [-0.15, -0.1) is 0 Å². The average molecular weight is 231 g/mol. The van der Waals surface area contributed by atoms with E-state index in [2.05, 4.69) is 0 Å². The molecule has 0 fully saturated rings. The zero-order valence-corrected chi connectivity index (χ0v) is 11.4. The number of rotatable bonds is 6. The maximum atomic E-state index is 11.6. The molecule has 0 atom stereocenters. The Morgan fingerprint density at radius 3 is 2.31 bits per heavy atom. The van der Waals surface area contributed by atoms with E-state index in [9.17, 15) is 4.79 Å². The number of hydrogen-bond donors (Lipinski definition) is 0. The lowest BCUT2D eigenvalue weighted by Crippen LogP contribution is -2.36. The van der Waals surface area contributed by atoms with E-state index in [0.29, 0.717) is 13.2 Å². The van der Waals surface area contributed by atoms with E-state index in [1.54, 1.807) is 11.9 Å². The van der Waals surface area contributed by atoms with Crippen LogP contribution in [0.3, 0.4) is 0 Å². The minimum Gasteiger partial charge on any atom is -0.377 e. The Labute approximate surface area is 98.9 Å². The first-order chi connectivity index (χ1) is 7.22. The highest BCUT2D eigenvalue weighted by Gasteiger charge is 2.15. The maximum absolute atomic E-state index is 11.6. The number of hydrogen-bond acceptors (Lipinski definition) is 3. The van der Waals surface area contributed by atoms with Crippen LogP contribution in [0.25, 0.3) is 0 Å². The molecule has 0 aliphatic carbocycles. The van der Waals surface area contributed by atoms with Crippen molar-refractivity contribution < 1.29 is 14.3 Å². The second-order valence-electron chi connectivity index (χ2n) is 5.14. The molecule has 0 saturated heterocycles. The monoisotopic (exact) mass is 231 g/mol. The number of carbonyl (C=O) groups is 1. The topological polar surface area (TPSA) is 38.8 Å². The number of amides is 1. The van der Waals surface area contributed by atoms with Crippen LogP contribution < -0.4 is 0 Å². The van der Waals surface area contributed by atoms with Crippen LogP contribution in [0, 0.1) is 0 Å². The quantitative estimate of drug-likeness (QED) is 0.698. The third-order valence-corrected chi connectivity index (χ3v) is 1.93. The first-order valence-corrected chi connectivity index (χ1v) is 5.72. The van der Waals surface area contributed by atoms with E-state index >= 15 is 0 Å². The summed E-state index contributed by atoms with van der Waals surface area (Å²) in [5.74, 6) is -0.0118. The molecule has 0 bridgehead atoms. The van der Waals surface area contributed by atoms with Crippen molar-refractivity contribution in [3.05, 3.63) is 0 Å². The SMILES string of the molecule is CC(C)OCCN(C)C(=O)COC(C)(C)C. The van der Waals surface area contributed by atoms with Gasteiger partial charge in [0.25, 0.3) is 0 Å². The number of ether oxygens (including phenoxy) is 2. The molecule has 0 rings (SSSR count). The molecule has 0 aliphatic heterocycles. The number of nitrogens with zero attached hydrogens (tertiary/aromatic N) is 1. The highest BCUT2D eigenvalue weighted by Crippen LogP contribution is 2.06. The maximum Gasteiger partial charge on any atom is 0.248 e. The molecule has 0 heterocycles. The Hall–Kier alpha value is -0.610. The van der Waals surface area contributed by atoms with Gasteiger partial charge in [-0.3, -0.25) is 4.79 Å². The van der Waals surface area contributed by atoms with Crippen molar-refractivity contribution in [1.29, 1.82) is 0 Å². The normalized spacial score (nSPS) is 11.9. The van der Waals surface area contributed by atoms with Crippen LogP contribution in [0.15, 0.2) is 0 Å². The molecule has 0 aromatic rings. The molecule has 4 nitrogen and oxygen atoms in total. The predicted molar refractivity (Wildman–Crippen MR) is 64.4 cm³/mol. The Balaban J connectivity index is 3.74. The van der Waals surface area contributed by atoms with E-state index in [1.807, 2.05) is 34.6 Å². The van der Waals surface area contributed by atoms with Crippen LogP contribution in [-0.2, 0) is 14.3 Å². The minimum absolute atomic E-state index is 0.0118. The zero-order chi connectivity index (χ0) is 12.8. The van der Waals surface area contributed by atoms with Gasteiger partial charge in [0.2, 0.25) is 5.91 Å². The molecule has 16 heavy (non-hydrogen) atoms. The van der Waals surface area contributed by atoms with Gasteiger partial charge in [-0.05, 0) is 34.6 Å². The molecule has 0 spiro atoms. The molecular formula is C12H25NO3. The summed E-state index contributed by atoms with van der Waals surface area (Å²) in [6.45, 7) is 11.0. The summed E-state index contributed by atoms with van der Waals surface area (Å²) >= 11 is 0. The molecule has 0 unspecified atom stereocenters. The van der Waals surface area contributed by atoms with Crippen molar-refractivity contribution in [2.45, 2.75) is 46.3 Å². The van der Waals surface area contributed by atoms with Crippen LogP contribution in [-0.4, -0.2) is 49.3 Å². The lowest BCUT2D eigenvalue weighted by Gasteiger charge is -2.22. The van der Waals surface area contributed by atoms with Gasteiger partial charge in [0.05, 0.1) is 18.3 Å². The zero-order valence-electron chi connectivity index (χ0n) is 11.4. The van der Waals surface area contributed by atoms with Crippen molar-refractivity contribution in [1.82, 2.24) is 4.90 Å². The number of carbonyl (C=O) groups excluding carboxylic acids is 1. The van der Waals surface area contributed by atoms with Crippen LogP contribution in [0.4, 0.5) is 0 Å². The first kappa shape index (κ1) is 15.4. The molecule has 0 aliphatic rings. The summed E-state index contributed by atoms with van der Waals surface area (Å²) in [5.41, 5.74) is -0.273. The van der Waals surface area contributed by atoms with Crippen LogP contribution in [0.5, 0.6) is 0 Å². The molecule has 96 valence electrons. The van der Waals surface area contributed by atoms with E-state index in [1.165, 1.54) is 0 Å². The molecular weight excluding hydrogens is 206 g/mol. The fourth-order valence-electron chi connectivity index (χ4n) is 0.938. The average Bonchev–Trinajstić information content (AvgIpc) is 2.12. The van der Waals surface area contributed by atoms with Crippen LogP contribution >= 0.6 is 0 Å². The smallest absolute Gasteiger partial charge is 0.248 e. The third-order valence-electron chi connectivity index (χ3n) is 1.93. The molecule has 0 aromatic heterocycles. The van der Waals surface area contributed by atoms with Gasteiger partial charge in [-0.25, -0.2) is 0 Å². The Morgan fingerprint density at radius 2 is 1.88 bits per heavy atom. The molecule has 1 amide bonds. The third kappa shape index (κ3) is 8.68. The standard InChI is InChI=1S/C12H25NO3/c1-10(2)15-8-7-13(6)11(14)9-16-12(3,4)5/h10H,7-9H2,1-6H3. The fourth-order valence-corrected chi connectivity index (χ4v) is 0.938. The van der Waals surface area contributed by atoms with Crippen LogP contribution in [0.2, 0.25) is 0 Å². The van der Waals surface area contributed by atoms with Gasteiger partial charge >= 0.3 is 0 Å². The number of likely N-dealkylation sites (N-methyl/N-ethyl adjacent to an activating group) is 1. The first-order valence-electron chi connectivity index (χ1n) is 5.72. The largest absolute Gasteiger partial charge is 0.377 e. The van der Waals surface area contributed by atoms with Gasteiger partial charge in [0.15, 0.2) is 0 Å². The summed E-state index contributed by atoms with van der Waals surface area (Å²) in [5, 5.41) is 0. The second kappa shape index (κ2) is 6.86. The molecule has 0 N–H and O–H groups in total. The van der Waals surface area contributed by atoms with Crippen molar-refractivity contribution in [2.75, 3.05) is 26.8 Å². The second-order valence-corrected chi connectivity index (χ2v) is 5.14.